The normalized spacial score (nSPS) is 13.7. The predicted molar refractivity (Wildman–Crippen MR) is 84.1 cm³/mol. The number of hydrogen-bond donors (Lipinski definition) is 0. The quantitative estimate of drug-likeness (QED) is 0.859. The molecular weight excluding hydrogens is 262 g/mol. The number of fused-ring (bicyclic) bond motifs is 1. The number of ether oxygens (including phenoxy) is 1. The van der Waals surface area contributed by atoms with Crippen molar-refractivity contribution in [3.05, 3.63) is 59.7 Å². The Morgan fingerprint density at radius 3 is 2.76 bits per heavy atom. The van der Waals surface area contributed by atoms with Gasteiger partial charge in [0.15, 0.2) is 0 Å². The van der Waals surface area contributed by atoms with Crippen molar-refractivity contribution < 1.29 is 9.53 Å². The molecule has 0 saturated carbocycles. The Morgan fingerprint density at radius 2 is 1.90 bits per heavy atom. The third-order valence-corrected chi connectivity index (χ3v) is 3.77. The van der Waals surface area contributed by atoms with Crippen LogP contribution in [0.25, 0.3) is 0 Å². The first-order valence-corrected chi connectivity index (χ1v) is 7.43. The number of nitrogens with zero attached hydrogens (tertiary/aromatic N) is 1. The highest BCUT2D eigenvalue weighted by molar-refractivity contribution is 6.08. The third kappa shape index (κ3) is 2.64. The second-order valence-corrected chi connectivity index (χ2v) is 5.12. The van der Waals surface area contributed by atoms with Crippen LogP contribution in [-0.4, -0.2) is 19.1 Å². The van der Waals surface area contributed by atoms with Crippen LogP contribution in [0.1, 0.15) is 29.3 Å². The van der Waals surface area contributed by atoms with Crippen molar-refractivity contribution in [1.82, 2.24) is 0 Å². The maximum atomic E-state index is 12.9. The predicted octanol–water partition coefficient (Wildman–Crippen LogP) is 3.68. The van der Waals surface area contributed by atoms with E-state index in [4.69, 9.17) is 4.74 Å². The van der Waals surface area contributed by atoms with Crippen molar-refractivity contribution in [2.45, 2.75) is 19.8 Å². The molecular formula is C18H19NO2. The third-order valence-electron chi connectivity index (χ3n) is 3.77. The molecule has 21 heavy (non-hydrogen) atoms. The van der Waals surface area contributed by atoms with Crippen molar-refractivity contribution >= 4 is 11.6 Å². The van der Waals surface area contributed by atoms with Gasteiger partial charge in [-0.2, -0.15) is 0 Å². The Hall–Kier alpha value is -2.29. The molecule has 0 unspecified atom stereocenters. The molecule has 0 fully saturated rings. The molecule has 108 valence electrons. The molecule has 0 bridgehead atoms. The van der Waals surface area contributed by atoms with Crippen molar-refractivity contribution in [3.63, 3.8) is 0 Å². The highest BCUT2D eigenvalue weighted by Gasteiger charge is 2.25. The van der Waals surface area contributed by atoms with Gasteiger partial charge in [-0.05, 0) is 43.5 Å². The lowest BCUT2D eigenvalue weighted by Crippen LogP contribution is -2.35. The van der Waals surface area contributed by atoms with Gasteiger partial charge in [-0.3, -0.25) is 4.79 Å². The summed E-state index contributed by atoms with van der Waals surface area (Å²) in [6.07, 6.45) is 2.03. The lowest BCUT2D eigenvalue weighted by Gasteiger charge is -2.30. The van der Waals surface area contributed by atoms with E-state index in [1.54, 1.807) is 0 Å². The van der Waals surface area contributed by atoms with E-state index in [-0.39, 0.29) is 5.91 Å². The molecule has 0 saturated heterocycles. The van der Waals surface area contributed by atoms with E-state index in [0.29, 0.717) is 17.9 Å². The summed E-state index contributed by atoms with van der Waals surface area (Å²) in [6.45, 7) is 3.24. The van der Waals surface area contributed by atoms with Gasteiger partial charge >= 0.3 is 0 Å². The summed E-state index contributed by atoms with van der Waals surface area (Å²) >= 11 is 0. The standard InChI is InChI=1S/C18H19NO2/c1-2-21-17-12-6-4-10-15(17)18(20)19-13-7-9-14-8-3-5-11-16(14)19/h3-6,8,10-12H,2,7,9,13H2,1H3. The zero-order valence-corrected chi connectivity index (χ0v) is 12.2. The summed E-state index contributed by atoms with van der Waals surface area (Å²) in [6, 6.07) is 15.6. The number of amides is 1. The molecule has 2 aromatic carbocycles. The van der Waals surface area contributed by atoms with Crippen molar-refractivity contribution in [1.29, 1.82) is 0 Å². The fourth-order valence-corrected chi connectivity index (χ4v) is 2.81. The van der Waals surface area contributed by atoms with E-state index in [0.717, 1.165) is 25.1 Å². The van der Waals surface area contributed by atoms with Gasteiger partial charge < -0.3 is 9.64 Å². The molecule has 0 N–H and O–H groups in total. The molecule has 1 aliphatic heterocycles. The molecule has 3 rings (SSSR count). The van der Waals surface area contributed by atoms with Gasteiger partial charge in [0.05, 0.1) is 12.2 Å². The van der Waals surface area contributed by atoms with Crippen LogP contribution < -0.4 is 9.64 Å². The average molecular weight is 281 g/mol. The van der Waals surface area contributed by atoms with Crippen LogP contribution >= 0.6 is 0 Å². The summed E-state index contributed by atoms with van der Waals surface area (Å²) in [5.41, 5.74) is 2.90. The fraction of sp³-hybridized carbons (Fsp3) is 0.278. The summed E-state index contributed by atoms with van der Waals surface area (Å²) < 4.78 is 5.59. The monoisotopic (exact) mass is 281 g/mol. The van der Waals surface area contributed by atoms with Gasteiger partial charge in [-0.1, -0.05) is 30.3 Å². The maximum absolute atomic E-state index is 12.9. The Bertz CT molecular complexity index is 651. The number of carbonyl (C=O) groups excluding carboxylic acids is 1. The molecule has 1 aliphatic rings. The Morgan fingerprint density at radius 1 is 1.14 bits per heavy atom. The Kier molecular flexibility index (Phi) is 3.91. The number of carbonyl (C=O) groups is 1. The summed E-state index contributed by atoms with van der Waals surface area (Å²) in [7, 11) is 0. The minimum Gasteiger partial charge on any atom is -0.493 e. The Labute approximate surface area is 125 Å². The van der Waals surface area contributed by atoms with Crippen LogP contribution in [0.2, 0.25) is 0 Å². The molecule has 3 nitrogen and oxygen atoms in total. The first-order valence-electron chi connectivity index (χ1n) is 7.43. The molecule has 0 aliphatic carbocycles. The smallest absolute Gasteiger partial charge is 0.262 e. The SMILES string of the molecule is CCOc1ccccc1C(=O)N1CCCc2ccccc21. The number of hydrogen-bond acceptors (Lipinski definition) is 2. The van der Waals surface area contributed by atoms with E-state index in [2.05, 4.69) is 6.07 Å². The van der Waals surface area contributed by atoms with Crippen molar-refractivity contribution in [2.24, 2.45) is 0 Å². The van der Waals surface area contributed by atoms with E-state index in [9.17, 15) is 4.79 Å². The van der Waals surface area contributed by atoms with E-state index in [1.807, 2.05) is 54.3 Å². The Balaban J connectivity index is 1.97. The lowest BCUT2D eigenvalue weighted by molar-refractivity contribution is 0.0981. The van der Waals surface area contributed by atoms with Gasteiger partial charge in [-0.15, -0.1) is 0 Å². The molecule has 2 aromatic rings. The summed E-state index contributed by atoms with van der Waals surface area (Å²) in [4.78, 5) is 14.8. The van der Waals surface area contributed by atoms with Crippen LogP contribution in [-0.2, 0) is 6.42 Å². The van der Waals surface area contributed by atoms with E-state index >= 15 is 0 Å². The van der Waals surface area contributed by atoms with E-state index < -0.39 is 0 Å². The topological polar surface area (TPSA) is 29.5 Å². The number of para-hydroxylation sites is 2. The summed E-state index contributed by atoms with van der Waals surface area (Å²) in [5.74, 6) is 0.680. The van der Waals surface area contributed by atoms with Gasteiger partial charge in [0.1, 0.15) is 5.75 Å². The maximum Gasteiger partial charge on any atom is 0.262 e. The zero-order chi connectivity index (χ0) is 14.7. The minimum atomic E-state index is 0.0196. The van der Waals surface area contributed by atoms with Gasteiger partial charge in [0, 0.05) is 12.2 Å². The highest BCUT2D eigenvalue weighted by atomic mass is 16.5. The van der Waals surface area contributed by atoms with Crippen molar-refractivity contribution in [2.75, 3.05) is 18.1 Å². The van der Waals surface area contributed by atoms with Crippen LogP contribution in [0.15, 0.2) is 48.5 Å². The first kappa shape index (κ1) is 13.7. The summed E-state index contributed by atoms with van der Waals surface area (Å²) in [5, 5.41) is 0. The molecule has 3 heteroatoms. The number of aryl methyl sites for hydroxylation is 1. The van der Waals surface area contributed by atoms with Gasteiger partial charge in [0.25, 0.3) is 5.91 Å². The second kappa shape index (κ2) is 6.00. The first-order chi connectivity index (χ1) is 10.3. The average Bonchev–Trinajstić information content (AvgIpc) is 2.54. The molecule has 0 radical (unpaired) electrons. The van der Waals surface area contributed by atoms with Crippen LogP contribution in [0.3, 0.4) is 0 Å². The largest absolute Gasteiger partial charge is 0.493 e. The van der Waals surface area contributed by atoms with Gasteiger partial charge in [-0.25, -0.2) is 0 Å². The minimum absolute atomic E-state index is 0.0196. The molecule has 1 amide bonds. The zero-order valence-electron chi connectivity index (χ0n) is 12.2. The highest BCUT2D eigenvalue weighted by Crippen LogP contribution is 2.30. The van der Waals surface area contributed by atoms with Crippen LogP contribution in [0.5, 0.6) is 5.75 Å². The molecule has 0 aromatic heterocycles. The number of anilines is 1. The van der Waals surface area contributed by atoms with E-state index in [1.165, 1.54) is 5.56 Å². The van der Waals surface area contributed by atoms with Crippen LogP contribution in [0, 0.1) is 0 Å². The van der Waals surface area contributed by atoms with Gasteiger partial charge in [0.2, 0.25) is 0 Å². The lowest BCUT2D eigenvalue weighted by atomic mass is 10.0. The second-order valence-electron chi connectivity index (χ2n) is 5.12. The molecule has 0 spiro atoms. The van der Waals surface area contributed by atoms with Crippen LogP contribution in [0.4, 0.5) is 5.69 Å². The van der Waals surface area contributed by atoms with Crippen molar-refractivity contribution in [3.8, 4) is 5.75 Å². The number of benzene rings is 2. The molecule has 1 heterocycles. The molecule has 0 atom stereocenters. The fourth-order valence-electron chi connectivity index (χ4n) is 2.81. The number of rotatable bonds is 3.